The van der Waals surface area contributed by atoms with Gasteiger partial charge in [0.25, 0.3) is 0 Å². The summed E-state index contributed by atoms with van der Waals surface area (Å²) in [7, 11) is 1.91. The monoisotopic (exact) mass is 362 g/mol. The number of nitrogens with one attached hydrogen (secondary N) is 1. The normalized spacial score (nSPS) is 12.9. The van der Waals surface area contributed by atoms with Crippen LogP contribution in [0.3, 0.4) is 0 Å². The Morgan fingerprint density at radius 3 is 2.84 bits per heavy atom. The van der Waals surface area contributed by atoms with Crippen molar-refractivity contribution in [1.82, 2.24) is 15.2 Å². The third kappa shape index (κ3) is 3.20. The molecule has 0 saturated heterocycles. The van der Waals surface area contributed by atoms with Crippen molar-refractivity contribution in [3.8, 4) is 0 Å². The van der Waals surface area contributed by atoms with Crippen LogP contribution in [0.5, 0.6) is 0 Å². The van der Waals surface area contributed by atoms with E-state index >= 15 is 0 Å². The van der Waals surface area contributed by atoms with Crippen molar-refractivity contribution in [2.24, 2.45) is 12.9 Å². The molecule has 1 atom stereocenters. The molecule has 2 rings (SSSR count). The first-order valence-electron chi connectivity index (χ1n) is 5.97. The fraction of sp³-hybridized carbons (Fsp3) is 0.417. The number of nitrogens with two attached hydrogens (primary N) is 1. The van der Waals surface area contributed by atoms with Gasteiger partial charge in [-0.25, -0.2) is 0 Å². The number of aryl methyl sites for hydroxylation is 2. The Hall–Kier alpha value is -0.400. The fourth-order valence-corrected chi connectivity index (χ4v) is 3.61. The lowest BCUT2D eigenvalue weighted by atomic mass is 10.1. The first-order chi connectivity index (χ1) is 9.06. The van der Waals surface area contributed by atoms with Gasteiger partial charge in [0.15, 0.2) is 0 Å². The maximum absolute atomic E-state index is 6.36. The highest BCUT2D eigenvalue weighted by Gasteiger charge is 2.19. The first kappa shape index (κ1) is 15.0. The van der Waals surface area contributed by atoms with Crippen LogP contribution in [0.1, 0.15) is 29.9 Å². The molecule has 0 amide bonds. The number of nitrogens with zero attached hydrogens (tertiary/aromatic N) is 2. The van der Waals surface area contributed by atoms with Crippen molar-refractivity contribution in [2.45, 2.75) is 25.8 Å². The highest BCUT2D eigenvalue weighted by atomic mass is 79.9. The topological polar surface area (TPSA) is 55.9 Å². The molecule has 0 spiro atoms. The molecule has 0 aliphatic carbocycles. The summed E-state index contributed by atoms with van der Waals surface area (Å²) >= 11 is 11.5. The van der Waals surface area contributed by atoms with Gasteiger partial charge in [-0.15, -0.1) is 11.3 Å². The van der Waals surface area contributed by atoms with E-state index in [1.54, 1.807) is 11.3 Å². The van der Waals surface area contributed by atoms with Gasteiger partial charge in [-0.05, 0) is 39.4 Å². The SMILES string of the molecule is CCc1nn(C)c(CC(NN)c2csc(Br)c2)c1Cl. The van der Waals surface area contributed by atoms with E-state index in [0.717, 1.165) is 32.2 Å². The third-order valence-electron chi connectivity index (χ3n) is 3.09. The predicted molar refractivity (Wildman–Crippen MR) is 83.4 cm³/mol. The summed E-state index contributed by atoms with van der Waals surface area (Å²) < 4.78 is 2.93. The maximum atomic E-state index is 6.36. The van der Waals surface area contributed by atoms with Crippen LogP contribution >= 0.6 is 38.9 Å². The van der Waals surface area contributed by atoms with Crippen molar-refractivity contribution < 1.29 is 0 Å². The van der Waals surface area contributed by atoms with Crippen LogP contribution < -0.4 is 11.3 Å². The van der Waals surface area contributed by atoms with E-state index in [4.69, 9.17) is 17.4 Å². The molecule has 0 radical (unpaired) electrons. The Balaban J connectivity index is 2.26. The van der Waals surface area contributed by atoms with Crippen LogP contribution in [-0.2, 0) is 19.9 Å². The lowest BCUT2D eigenvalue weighted by Crippen LogP contribution is -2.29. The van der Waals surface area contributed by atoms with Gasteiger partial charge < -0.3 is 0 Å². The smallest absolute Gasteiger partial charge is 0.0850 e. The van der Waals surface area contributed by atoms with Crippen molar-refractivity contribution in [3.05, 3.63) is 37.2 Å². The fourth-order valence-electron chi connectivity index (χ4n) is 2.01. The van der Waals surface area contributed by atoms with Crippen molar-refractivity contribution in [3.63, 3.8) is 0 Å². The molecule has 19 heavy (non-hydrogen) atoms. The predicted octanol–water partition coefficient (Wildman–Crippen LogP) is 3.21. The van der Waals surface area contributed by atoms with Crippen molar-refractivity contribution in [2.75, 3.05) is 0 Å². The summed E-state index contributed by atoms with van der Waals surface area (Å²) in [4.78, 5) is 0. The van der Waals surface area contributed by atoms with E-state index in [2.05, 4.69) is 37.9 Å². The molecule has 1 unspecified atom stereocenters. The van der Waals surface area contributed by atoms with Crippen LogP contribution in [0, 0.1) is 0 Å². The third-order valence-corrected chi connectivity index (χ3v) is 5.05. The molecule has 3 N–H and O–H groups in total. The minimum Gasteiger partial charge on any atom is -0.271 e. The largest absolute Gasteiger partial charge is 0.271 e. The quantitative estimate of drug-likeness (QED) is 0.633. The minimum absolute atomic E-state index is 0.0279. The molecule has 4 nitrogen and oxygen atoms in total. The van der Waals surface area contributed by atoms with E-state index in [9.17, 15) is 0 Å². The van der Waals surface area contributed by atoms with Gasteiger partial charge in [0.1, 0.15) is 0 Å². The second-order valence-corrected chi connectivity index (χ2v) is 6.96. The molecule has 0 aromatic carbocycles. The number of halogens is 2. The number of hydrogen-bond donors (Lipinski definition) is 2. The molecular weight excluding hydrogens is 348 g/mol. The number of rotatable bonds is 5. The van der Waals surface area contributed by atoms with Crippen molar-refractivity contribution >= 4 is 38.9 Å². The summed E-state index contributed by atoms with van der Waals surface area (Å²) in [5.74, 6) is 5.67. The number of aromatic nitrogens is 2. The van der Waals surface area contributed by atoms with Crippen LogP contribution in [0.4, 0.5) is 0 Å². The maximum Gasteiger partial charge on any atom is 0.0850 e. The number of hydrogen-bond acceptors (Lipinski definition) is 4. The highest BCUT2D eigenvalue weighted by molar-refractivity contribution is 9.11. The minimum atomic E-state index is 0.0279. The van der Waals surface area contributed by atoms with Crippen LogP contribution in [0.2, 0.25) is 5.02 Å². The Morgan fingerprint density at radius 1 is 1.63 bits per heavy atom. The van der Waals surface area contributed by atoms with E-state index in [1.807, 2.05) is 18.7 Å². The molecule has 2 heterocycles. The van der Waals surface area contributed by atoms with E-state index in [-0.39, 0.29) is 6.04 Å². The lowest BCUT2D eigenvalue weighted by Gasteiger charge is -2.15. The summed E-state index contributed by atoms with van der Waals surface area (Å²) in [5, 5.41) is 7.26. The molecule has 104 valence electrons. The van der Waals surface area contributed by atoms with Gasteiger partial charge in [0.05, 0.1) is 26.2 Å². The molecular formula is C12H16BrClN4S. The van der Waals surface area contributed by atoms with Gasteiger partial charge in [-0.3, -0.25) is 16.0 Å². The second-order valence-electron chi connectivity index (χ2n) is 4.29. The van der Waals surface area contributed by atoms with Crippen LogP contribution in [0.25, 0.3) is 0 Å². The van der Waals surface area contributed by atoms with Crippen LogP contribution in [-0.4, -0.2) is 9.78 Å². The van der Waals surface area contributed by atoms with Gasteiger partial charge in [-0.2, -0.15) is 5.10 Å². The number of thiophene rings is 1. The van der Waals surface area contributed by atoms with Gasteiger partial charge in [-0.1, -0.05) is 18.5 Å². The molecule has 2 aromatic rings. The summed E-state index contributed by atoms with van der Waals surface area (Å²) in [6.07, 6.45) is 1.54. The number of hydrazine groups is 1. The Bertz CT molecular complexity index is 566. The Labute approximate surface area is 130 Å². The first-order valence-corrected chi connectivity index (χ1v) is 8.02. The van der Waals surface area contributed by atoms with Crippen molar-refractivity contribution in [1.29, 1.82) is 0 Å². The van der Waals surface area contributed by atoms with Gasteiger partial charge in [0, 0.05) is 13.5 Å². The lowest BCUT2D eigenvalue weighted by molar-refractivity contribution is 0.531. The van der Waals surface area contributed by atoms with E-state index < -0.39 is 0 Å². The summed E-state index contributed by atoms with van der Waals surface area (Å²) in [5.41, 5.74) is 5.93. The van der Waals surface area contributed by atoms with E-state index in [0.29, 0.717) is 6.42 Å². The average molecular weight is 364 g/mol. The zero-order chi connectivity index (χ0) is 14.0. The standard InChI is InChI=1S/C12H16BrClN4S/c1-3-8-12(14)10(18(2)17-8)5-9(16-15)7-4-11(13)19-6-7/h4,6,9,16H,3,5,15H2,1-2H3. The Morgan fingerprint density at radius 2 is 2.37 bits per heavy atom. The molecule has 0 aliphatic rings. The highest BCUT2D eigenvalue weighted by Crippen LogP contribution is 2.29. The van der Waals surface area contributed by atoms with E-state index in [1.165, 1.54) is 0 Å². The molecule has 0 bridgehead atoms. The molecule has 7 heteroatoms. The molecule has 0 aliphatic heterocycles. The molecule has 2 aromatic heterocycles. The van der Waals surface area contributed by atoms with Crippen LogP contribution in [0.15, 0.2) is 15.2 Å². The zero-order valence-corrected chi connectivity index (χ0v) is 13.9. The van der Waals surface area contributed by atoms with Gasteiger partial charge in [0.2, 0.25) is 0 Å². The zero-order valence-electron chi connectivity index (χ0n) is 10.8. The second kappa shape index (κ2) is 6.37. The molecule has 0 saturated carbocycles. The summed E-state index contributed by atoms with van der Waals surface area (Å²) in [6.45, 7) is 2.05. The Kier molecular flexibility index (Phi) is 5.03. The van der Waals surface area contributed by atoms with Gasteiger partial charge >= 0.3 is 0 Å². The molecule has 0 fully saturated rings. The average Bonchev–Trinajstić information content (AvgIpc) is 2.92. The summed E-state index contributed by atoms with van der Waals surface area (Å²) in [6, 6.07) is 2.10.